The van der Waals surface area contributed by atoms with E-state index in [1.165, 1.54) is 0 Å². The minimum atomic E-state index is -0.680. The Balaban J connectivity index is 1.36. The van der Waals surface area contributed by atoms with Gasteiger partial charge in [0.05, 0.1) is 23.0 Å². The second-order valence-electron chi connectivity index (χ2n) is 8.93. The molecule has 1 aliphatic rings. The fourth-order valence-corrected chi connectivity index (χ4v) is 4.66. The van der Waals surface area contributed by atoms with Crippen molar-refractivity contribution in [2.45, 2.75) is 13.0 Å². The van der Waals surface area contributed by atoms with Gasteiger partial charge in [0.2, 0.25) is 11.9 Å². The summed E-state index contributed by atoms with van der Waals surface area (Å²) in [5.74, 6) is 0.989. The minimum Gasteiger partial charge on any atom is -0.467 e. The van der Waals surface area contributed by atoms with Gasteiger partial charge in [0.1, 0.15) is 11.8 Å². The number of anilines is 2. The second kappa shape index (κ2) is 10.4. The SMILES string of the molecule is CC1=C(C(=O)Nc2ccccc2)C(c2ccco2)N=C(Nc2nc(-c3ccccc3)c3cc(Cl)ccc3n2)N1. The molecule has 1 unspecified atom stereocenters. The highest BCUT2D eigenvalue weighted by molar-refractivity contribution is 6.31. The molecule has 0 radical (unpaired) electrons. The number of furan rings is 1. The predicted octanol–water partition coefficient (Wildman–Crippen LogP) is 6.57. The third-order valence-electron chi connectivity index (χ3n) is 6.27. The van der Waals surface area contributed by atoms with Crippen molar-refractivity contribution < 1.29 is 9.21 Å². The number of rotatable bonds is 5. The molecule has 9 heteroatoms. The Labute approximate surface area is 229 Å². The first-order chi connectivity index (χ1) is 19.0. The van der Waals surface area contributed by atoms with Crippen molar-refractivity contribution in [1.29, 1.82) is 0 Å². The molecule has 1 atom stereocenters. The Hall–Kier alpha value is -4.95. The van der Waals surface area contributed by atoms with E-state index in [0.29, 0.717) is 39.6 Å². The fourth-order valence-electron chi connectivity index (χ4n) is 4.49. The lowest BCUT2D eigenvalue weighted by Crippen LogP contribution is -2.37. The Morgan fingerprint density at radius 2 is 1.72 bits per heavy atom. The number of fused-ring (bicyclic) bond motifs is 1. The van der Waals surface area contributed by atoms with Crippen molar-refractivity contribution in [3.05, 3.63) is 119 Å². The summed E-state index contributed by atoms with van der Waals surface area (Å²) in [5.41, 5.74) is 4.14. The smallest absolute Gasteiger partial charge is 0.256 e. The molecule has 192 valence electrons. The maximum absolute atomic E-state index is 13.3. The average Bonchev–Trinajstić information content (AvgIpc) is 3.49. The number of aromatic nitrogens is 2. The Kier molecular flexibility index (Phi) is 6.52. The van der Waals surface area contributed by atoms with E-state index >= 15 is 0 Å². The van der Waals surface area contributed by atoms with Crippen LogP contribution in [0.4, 0.5) is 11.6 Å². The van der Waals surface area contributed by atoms with Crippen LogP contribution in [0.3, 0.4) is 0 Å². The third kappa shape index (κ3) is 5.10. The molecule has 1 amide bonds. The highest BCUT2D eigenvalue weighted by Crippen LogP contribution is 2.33. The molecular weight excluding hydrogens is 512 g/mol. The topological polar surface area (TPSA) is 104 Å². The molecule has 2 aromatic heterocycles. The number of hydrogen-bond donors (Lipinski definition) is 3. The quantitative estimate of drug-likeness (QED) is 0.235. The van der Waals surface area contributed by atoms with E-state index in [-0.39, 0.29) is 5.91 Å². The molecule has 0 saturated carbocycles. The van der Waals surface area contributed by atoms with Crippen LogP contribution in [0.2, 0.25) is 5.02 Å². The van der Waals surface area contributed by atoms with E-state index in [2.05, 4.69) is 16.0 Å². The van der Waals surface area contributed by atoms with Crippen LogP contribution in [0, 0.1) is 0 Å². The van der Waals surface area contributed by atoms with Crippen LogP contribution in [0.15, 0.2) is 118 Å². The van der Waals surface area contributed by atoms with Gasteiger partial charge >= 0.3 is 0 Å². The summed E-state index contributed by atoms with van der Waals surface area (Å²) in [6, 6.07) is 27.5. The zero-order chi connectivity index (χ0) is 26.8. The lowest BCUT2D eigenvalue weighted by atomic mass is 10.0. The largest absolute Gasteiger partial charge is 0.467 e. The normalized spacial score (nSPS) is 15.0. The maximum atomic E-state index is 13.3. The number of carbonyl (C=O) groups excluding carboxylic acids is 1. The highest BCUT2D eigenvalue weighted by atomic mass is 35.5. The van der Waals surface area contributed by atoms with Gasteiger partial charge in [-0.15, -0.1) is 0 Å². The van der Waals surface area contributed by atoms with E-state index in [1.807, 2.05) is 79.7 Å². The maximum Gasteiger partial charge on any atom is 0.256 e. The minimum absolute atomic E-state index is 0.277. The number of carbonyl (C=O) groups is 1. The molecule has 6 rings (SSSR count). The summed E-state index contributed by atoms with van der Waals surface area (Å²) in [5, 5.41) is 10.8. The van der Waals surface area contributed by atoms with E-state index in [0.717, 1.165) is 22.2 Å². The number of guanidine groups is 1. The molecule has 0 fully saturated rings. The molecule has 0 saturated heterocycles. The number of amides is 1. The van der Waals surface area contributed by atoms with Crippen molar-refractivity contribution in [2.24, 2.45) is 4.99 Å². The van der Waals surface area contributed by atoms with Gasteiger partial charge in [-0.1, -0.05) is 60.1 Å². The zero-order valence-corrected chi connectivity index (χ0v) is 21.6. The first kappa shape index (κ1) is 24.4. The van der Waals surface area contributed by atoms with Crippen LogP contribution in [-0.2, 0) is 4.79 Å². The van der Waals surface area contributed by atoms with Crippen LogP contribution in [0.1, 0.15) is 18.7 Å². The van der Waals surface area contributed by atoms with Crippen LogP contribution in [0.25, 0.3) is 22.2 Å². The lowest BCUT2D eigenvalue weighted by molar-refractivity contribution is -0.113. The van der Waals surface area contributed by atoms with E-state index < -0.39 is 6.04 Å². The Morgan fingerprint density at radius 3 is 2.46 bits per heavy atom. The van der Waals surface area contributed by atoms with Gasteiger partial charge in [0.15, 0.2) is 0 Å². The van der Waals surface area contributed by atoms with Gasteiger partial charge in [-0.25, -0.2) is 15.0 Å². The number of nitrogens with zero attached hydrogens (tertiary/aromatic N) is 3. The number of halogens is 1. The monoisotopic (exact) mass is 534 g/mol. The van der Waals surface area contributed by atoms with Crippen molar-refractivity contribution in [1.82, 2.24) is 15.3 Å². The van der Waals surface area contributed by atoms with Crippen LogP contribution in [0.5, 0.6) is 0 Å². The standard InChI is InChI=1S/C30H23ClN6O2/c1-18-25(28(38)33-21-11-6-3-7-12-21)27(24-13-8-16-39-24)36-29(32-18)37-30-34-23-15-14-20(31)17-22(23)26(35-30)19-9-4-2-5-10-19/h2-17,27H,1H3,(H,33,38)(H2,32,34,35,36,37). The number of para-hydroxylation sites is 1. The van der Waals surface area contributed by atoms with E-state index in [9.17, 15) is 4.79 Å². The molecule has 8 nitrogen and oxygen atoms in total. The number of nitrogens with one attached hydrogen (secondary N) is 3. The average molecular weight is 535 g/mol. The summed E-state index contributed by atoms with van der Waals surface area (Å²) < 4.78 is 5.68. The number of allylic oxidation sites excluding steroid dienone is 1. The molecule has 0 bridgehead atoms. The molecule has 3 heterocycles. The van der Waals surface area contributed by atoms with Gasteiger partial charge in [-0.2, -0.15) is 0 Å². The number of aliphatic imine (C=N–C) groups is 1. The van der Waals surface area contributed by atoms with Crippen LogP contribution >= 0.6 is 11.6 Å². The van der Waals surface area contributed by atoms with Gasteiger partial charge in [0, 0.05) is 27.4 Å². The number of hydrogen-bond acceptors (Lipinski definition) is 7. The van der Waals surface area contributed by atoms with Gasteiger partial charge in [0.25, 0.3) is 5.91 Å². The molecule has 0 aliphatic carbocycles. The van der Waals surface area contributed by atoms with Gasteiger partial charge in [-0.3, -0.25) is 10.1 Å². The third-order valence-corrected chi connectivity index (χ3v) is 6.50. The van der Waals surface area contributed by atoms with Crippen molar-refractivity contribution in [2.75, 3.05) is 10.6 Å². The molecule has 39 heavy (non-hydrogen) atoms. The van der Waals surface area contributed by atoms with Crippen LogP contribution in [-0.4, -0.2) is 21.8 Å². The van der Waals surface area contributed by atoms with Crippen molar-refractivity contribution in [3.8, 4) is 11.3 Å². The molecular formula is C30H23ClN6O2. The van der Waals surface area contributed by atoms with Gasteiger partial charge in [-0.05, 0) is 49.4 Å². The summed E-state index contributed by atoms with van der Waals surface area (Å²) in [6.45, 7) is 1.82. The molecule has 3 N–H and O–H groups in total. The molecule has 3 aromatic carbocycles. The first-order valence-electron chi connectivity index (χ1n) is 12.3. The number of benzene rings is 3. The molecule has 5 aromatic rings. The summed E-state index contributed by atoms with van der Waals surface area (Å²) in [7, 11) is 0. The van der Waals surface area contributed by atoms with E-state index in [4.69, 9.17) is 31.0 Å². The Morgan fingerprint density at radius 1 is 0.949 bits per heavy atom. The lowest BCUT2D eigenvalue weighted by Gasteiger charge is -2.25. The highest BCUT2D eigenvalue weighted by Gasteiger charge is 2.31. The summed E-state index contributed by atoms with van der Waals surface area (Å²) in [6.07, 6.45) is 1.56. The summed E-state index contributed by atoms with van der Waals surface area (Å²) in [4.78, 5) is 27.6. The first-order valence-corrected chi connectivity index (χ1v) is 12.7. The predicted molar refractivity (Wildman–Crippen MR) is 153 cm³/mol. The zero-order valence-electron chi connectivity index (χ0n) is 20.9. The van der Waals surface area contributed by atoms with Gasteiger partial charge < -0.3 is 15.1 Å². The molecule has 1 aliphatic heterocycles. The summed E-state index contributed by atoms with van der Waals surface area (Å²) >= 11 is 6.30. The van der Waals surface area contributed by atoms with E-state index in [1.54, 1.807) is 24.5 Å². The van der Waals surface area contributed by atoms with Crippen LogP contribution < -0.4 is 16.0 Å². The fraction of sp³-hybridized carbons (Fsp3) is 0.0667. The molecule has 0 spiro atoms. The Bertz CT molecular complexity index is 1720. The van der Waals surface area contributed by atoms with Crippen molar-refractivity contribution >= 4 is 46.0 Å². The second-order valence-corrected chi connectivity index (χ2v) is 9.36. The van der Waals surface area contributed by atoms with Crippen molar-refractivity contribution in [3.63, 3.8) is 0 Å².